The molecule has 7 rings (SSSR count). The molecular formula is C27H36ClN3O. The first-order valence-corrected chi connectivity index (χ1v) is 13.2. The summed E-state index contributed by atoms with van der Waals surface area (Å²) >= 11 is 6.28. The lowest BCUT2D eigenvalue weighted by Crippen LogP contribution is -2.55. The van der Waals surface area contributed by atoms with Gasteiger partial charge in [-0.25, -0.2) is 4.98 Å². The predicted octanol–water partition coefficient (Wildman–Crippen LogP) is 6.07. The van der Waals surface area contributed by atoms with Gasteiger partial charge in [0.25, 0.3) is 5.56 Å². The molecule has 0 radical (unpaired) electrons. The number of nitrogens with zero attached hydrogens (tertiary/aromatic N) is 3. The first-order chi connectivity index (χ1) is 15.4. The van der Waals surface area contributed by atoms with E-state index in [1.807, 2.05) is 28.8 Å². The summed E-state index contributed by atoms with van der Waals surface area (Å²) in [6, 6.07) is 9.37. The van der Waals surface area contributed by atoms with Crippen LogP contribution in [0.3, 0.4) is 0 Å². The lowest BCUT2D eigenvalue weighted by Gasteiger charge is -2.60. The quantitative estimate of drug-likeness (QED) is 0.563. The zero-order chi connectivity index (χ0) is 22.0. The van der Waals surface area contributed by atoms with E-state index in [0.29, 0.717) is 17.5 Å². The lowest BCUT2D eigenvalue weighted by atomic mass is 9.45. The molecule has 5 atom stereocenters. The second-order valence-corrected chi connectivity index (χ2v) is 12.0. The number of fused-ring (bicyclic) bond motifs is 5. The van der Waals surface area contributed by atoms with Gasteiger partial charge in [0, 0.05) is 18.1 Å². The highest BCUT2D eigenvalue weighted by Gasteiger charge is 2.54. The van der Waals surface area contributed by atoms with E-state index < -0.39 is 0 Å². The van der Waals surface area contributed by atoms with Crippen LogP contribution in [0.4, 0.5) is 0 Å². The maximum Gasteiger partial charge on any atom is 0.288 e. The first kappa shape index (κ1) is 21.2. The molecule has 3 aliphatic carbocycles. The van der Waals surface area contributed by atoms with Crippen molar-refractivity contribution >= 4 is 22.6 Å². The van der Waals surface area contributed by atoms with E-state index >= 15 is 0 Å². The maximum absolute atomic E-state index is 13.1. The second-order valence-electron chi connectivity index (χ2n) is 11.7. The van der Waals surface area contributed by atoms with Crippen molar-refractivity contribution in [3.8, 4) is 0 Å². The Morgan fingerprint density at radius 2 is 1.78 bits per heavy atom. The van der Waals surface area contributed by atoms with Crippen LogP contribution in [-0.4, -0.2) is 33.1 Å². The van der Waals surface area contributed by atoms with Gasteiger partial charge in [-0.1, -0.05) is 44.0 Å². The summed E-state index contributed by atoms with van der Waals surface area (Å²) in [6.45, 7) is 6.27. The number of piperidine rings is 2. The van der Waals surface area contributed by atoms with Crippen molar-refractivity contribution in [2.45, 2.75) is 89.8 Å². The SMILES string of the molecule is CC1(C)[C@@H]2CC[C@H](CCN3[C@H]4CCC[C@H]3CC(n3c(=O)c(Cl)nc5ccccc53)C4)[C@H]1C2. The van der Waals surface area contributed by atoms with Crippen LogP contribution in [-0.2, 0) is 0 Å². The zero-order valence-corrected chi connectivity index (χ0v) is 20.2. The Morgan fingerprint density at radius 1 is 1.03 bits per heavy atom. The van der Waals surface area contributed by atoms with Gasteiger partial charge in [0.15, 0.2) is 5.15 Å². The minimum absolute atomic E-state index is 0.106. The van der Waals surface area contributed by atoms with Crippen LogP contribution in [0.15, 0.2) is 29.1 Å². The summed E-state index contributed by atoms with van der Waals surface area (Å²) in [6.07, 6.45) is 11.7. The number of halogens is 1. The highest BCUT2D eigenvalue weighted by atomic mass is 35.5. The van der Waals surface area contributed by atoms with Crippen molar-refractivity contribution in [2.24, 2.45) is 23.2 Å². The van der Waals surface area contributed by atoms with Crippen molar-refractivity contribution in [3.05, 3.63) is 39.8 Å². The molecule has 4 bridgehead atoms. The molecule has 1 aromatic carbocycles. The molecule has 0 unspecified atom stereocenters. The van der Waals surface area contributed by atoms with Crippen molar-refractivity contribution in [1.82, 2.24) is 14.5 Å². The third-order valence-corrected chi connectivity index (χ3v) is 10.2. The lowest BCUT2D eigenvalue weighted by molar-refractivity contribution is -0.111. The molecule has 0 N–H and O–H groups in total. The van der Waals surface area contributed by atoms with Crippen LogP contribution in [0, 0.1) is 23.2 Å². The molecule has 0 amide bonds. The summed E-state index contributed by atoms with van der Waals surface area (Å²) in [5.41, 5.74) is 2.21. The van der Waals surface area contributed by atoms with Crippen LogP contribution in [0.2, 0.25) is 5.15 Å². The Morgan fingerprint density at radius 3 is 2.50 bits per heavy atom. The van der Waals surface area contributed by atoms with Crippen molar-refractivity contribution in [3.63, 3.8) is 0 Å². The number of para-hydroxylation sites is 2. The molecule has 2 saturated heterocycles. The summed E-state index contributed by atoms with van der Waals surface area (Å²) in [7, 11) is 0. The Balaban J connectivity index is 1.22. The van der Waals surface area contributed by atoms with Crippen molar-refractivity contribution in [1.29, 1.82) is 0 Å². The van der Waals surface area contributed by atoms with Crippen LogP contribution in [0.1, 0.15) is 77.7 Å². The molecule has 0 spiro atoms. The third-order valence-electron chi connectivity index (χ3n) is 9.98. The predicted molar refractivity (Wildman–Crippen MR) is 130 cm³/mol. The van der Waals surface area contributed by atoms with E-state index in [2.05, 4.69) is 23.7 Å². The third kappa shape index (κ3) is 3.27. The fraction of sp³-hybridized carbons (Fsp3) is 0.704. The highest BCUT2D eigenvalue weighted by Crippen LogP contribution is 2.62. The van der Waals surface area contributed by atoms with Gasteiger partial charge in [0.1, 0.15) is 0 Å². The normalized spacial score (nSPS) is 36.1. The standard InChI is InChI=1S/C27H36ClN3O/c1-27(2)18-11-10-17(22(27)14-18)12-13-30-19-6-5-7-20(30)16-21(15-19)31-24-9-4-3-8-23(24)29-25(28)26(31)32/h3-4,8-9,17-22H,5-7,10-16H2,1-2H3/t17-,18-,19+,20+,22-/m1/s1. The smallest absolute Gasteiger partial charge is 0.288 e. The molecule has 2 aliphatic heterocycles. The molecule has 5 fully saturated rings. The maximum atomic E-state index is 13.1. The first-order valence-electron chi connectivity index (χ1n) is 12.9. The van der Waals surface area contributed by atoms with Gasteiger partial charge in [-0.05, 0) is 93.2 Å². The van der Waals surface area contributed by atoms with Gasteiger partial charge in [0.05, 0.1) is 11.0 Å². The largest absolute Gasteiger partial charge is 0.301 e. The molecule has 3 heterocycles. The van der Waals surface area contributed by atoms with Gasteiger partial charge in [0.2, 0.25) is 0 Å². The molecule has 1 aromatic heterocycles. The monoisotopic (exact) mass is 453 g/mol. The van der Waals surface area contributed by atoms with E-state index in [1.54, 1.807) is 0 Å². The van der Waals surface area contributed by atoms with Crippen molar-refractivity contribution in [2.75, 3.05) is 6.54 Å². The molecule has 5 heteroatoms. The molecule has 3 saturated carbocycles. The number of rotatable bonds is 4. The fourth-order valence-corrected chi connectivity index (χ4v) is 8.32. The van der Waals surface area contributed by atoms with Gasteiger partial charge in [-0.15, -0.1) is 0 Å². The van der Waals surface area contributed by atoms with E-state index in [-0.39, 0.29) is 16.8 Å². The number of hydrogen-bond acceptors (Lipinski definition) is 3. The summed E-state index contributed by atoms with van der Waals surface area (Å²) in [5.74, 6) is 2.85. The van der Waals surface area contributed by atoms with Crippen LogP contribution in [0.25, 0.3) is 11.0 Å². The molecule has 2 aromatic rings. The Kier molecular flexibility index (Phi) is 5.18. The van der Waals surface area contributed by atoms with E-state index in [9.17, 15) is 4.79 Å². The van der Waals surface area contributed by atoms with Crippen LogP contribution < -0.4 is 5.56 Å². The fourth-order valence-electron chi connectivity index (χ4n) is 8.14. The van der Waals surface area contributed by atoms with E-state index in [1.165, 1.54) is 51.5 Å². The second kappa shape index (κ2) is 7.84. The average molecular weight is 454 g/mol. The average Bonchev–Trinajstić information content (AvgIpc) is 2.78. The minimum atomic E-state index is -0.120. The van der Waals surface area contributed by atoms with Crippen LogP contribution >= 0.6 is 11.6 Å². The van der Waals surface area contributed by atoms with E-state index in [0.717, 1.165) is 41.6 Å². The molecular weight excluding hydrogens is 418 g/mol. The number of benzene rings is 1. The molecule has 172 valence electrons. The summed E-state index contributed by atoms with van der Waals surface area (Å²) < 4.78 is 1.98. The van der Waals surface area contributed by atoms with Gasteiger partial charge in [-0.2, -0.15) is 0 Å². The minimum Gasteiger partial charge on any atom is -0.301 e. The molecule has 5 aliphatic rings. The Hall–Kier alpha value is -1.39. The summed E-state index contributed by atoms with van der Waals surface area (Å²) in [5, 5.41) is 0.106. The topological polar surface area (TPSA) is 38.1 Å². The number of hydrogen-bond donors (Lipinski definition) is 0. The molecule has 4 nitrogen and oxygen atoms in total. The van der Waals surface area contributed by atoms with E-state index in [4.69, 9.17) is 11.6 Å². The van der Waals surface area contributed by atoms with Crippen molar-refractivity contribution < 1.29 is 0 Å². The zero-order valence-electron chi connectivity index (χ0n) is 19.5. The van der Waals surface area contributed by atoms with Gasteiger partial charge >= 0.3 is 0 Å². The number of aromatic nitrogens is 2. The van der Waals surface area contributed by atoms with Gasteiger partial charge in [-0.3, -0.25) is 9.69 Å². The molecule has 32 heavy (non-hydrogen) atoms. The Labute approximate surface area is 196 Å². The summed E-state index contributed by atoms with van der Waals surface area (Å²) in [4.78, 5) is 20.3. The Bertz CT molecular complexity index is 1060. The highest BCUT2D eigenvalue weighted by molar-refractivity contribution is 6.29. The van der Waals surface area contributed by atoms with Gasteiger partial charge < -0.3 is 4.57 Å². The van der Waals surface area contributed by atoms with Crippen LogP contribution in [0.5, 0.6) is 0 Å².